The number of aromatic nitrogens is 3. The summed E-state index contributed by atoms with van der Waals surface area (Å²) in [5.41, 5.74) is 1.16. The van der Waals surface area contributed by atoms with Gasteiger partial charge in [-0.3, -0.25) is 9.59 Å². The molecule has 4 atom stereocenters. The molecule has 1 unspecified atom stereocenters. The molecule has 1 aromatic heterocycles. The van der Waals surface area contributed by atoms with Crippen molar-refractivity contribution in [1.29, 1.82) is 0 Å². The Morgan fingerprint density at radius 3 is 2.74 bits per heavy atom. The molecule has 1 saturated heterocycles. The van der Waals surface area contributed by atoms with E-state index in [0.717, 1.165) is 24.1 Å². The first-order chi connectivity index (χ1) is 16.6. The molecule has 3 heterocycles. The Labute approximate surface area is 208 Å². The summed E-state index contributed by atoms with van der Waals surface area (Å²) >= 11 is 1.45. The average Bonchev–Trinajstić information content (AvgIpc) is 3.40. The van der Waals surface area contributed by atoms with Crippen LogP contribution in [0.5, 0.6) is 0 Å². The van der Waals surface area contributed by atoms with Crippen molar-refractivity contribution in [2.45, 2.75) is 81.5 Å². The van der Waals surface area contributed by atoms with E-state index < -0.39 is 23.6 Å². The van der Waals surface area contributed by atoms with Crippen molar-refractivity contribution in [2.24, 2.45) is 5.41 Å². The predicted molar refractivity (Wildman–Crippen MR) is 129 cm³/mol. The lowest BCUT2D eigenvalue weighted by Gasteiger charge is -2.35. The number of fused-ring (bicyclic) bond motifs is 1. The summed E-state index contributed by atoms with van der Waals surface area (Å²) in [4.78, 5) is 29.4. The molecule has 2 N–H and O–H groups in total. The number of hydrogen-bond acceptors (Lipinski definition) is 6. The highest BCUT2D eigenvalue weighted by atomic mass is 32.2. The molecule has 2 aliphatic heterocycles. The Morgan fingerprint density at radius 2 is 2.03 bits per heavy atom. The minimum absolute atomic E-state index is 0.0828. The lowest BCUT2D eigenvalue weighted by molar-refractivity contribution is -0.144. The SMILES string of the molecule is CC(C)(C)[C@@H](C(=O)N1C[C@H](O)C[C@H]1C(=O)NC1CCSc2c(F)cccc21)n1cc(C2CC2)nn1. The third kappa shape index (κ3) is 4.82. The van der Waals surface area contributed by atoms with Crippen LogP contribution < -0.4 is 5.32 Å². The molecule has 8 nitrogen and oxygen atoms in total. The zero-order chi connectivity index (χ0) is 24.9. The van der Waals surface area contributed by atoms with Gasteiger partial charge in [-0.1, -0.05) is 38.1 Å². The van der Waals surface area contributed by atoms with Crippen LogP contribution in [0.2, 0.25) is 0 Å². The van der Waals surface area contributed by atoms with Crippen LogP contribution in [0.25, 0.3) is 0 Å². The second kappa shape index (κ2) is 9.20. The minimum atomic E-state index is -0.805. The topological polar surface area (TPSA) is 100 Å². The van der Waals surface area contributed by atoms with Crippen LogP contribution in [0.3, 0.4) is 0 Å². The number of carbonyl (C=O) groups is 2. The summed E-state index contributed by atoms with van der Waals surface area (Å²) in [5, 5.41) is 22.0. The maximum absolute atomic E-state index is 14.3. The zero-order valence-corrected chi connectivity index (χ0v) is 21.1. The van der Waals surface area contributed by atoms with Gasteiger partial charge in [0.25, 0.3) is 0 Å². The van der Waals surface area contributed by atoms with E-state index in [1.165, 1.54) is 22.7 Å². The minimum Gasteiger partial charge on any atom is -0.391 e. The monoisotopic (exact) mass is 501 g/mol. The van der Waals surface area contributed by atoms with Gasteiger partial charge in [0.15, 0.2) is 0 Å². The van der Waals surface area contributed by atoms with E-state index in [1.54, 1.807) is 10.7 Å². The number of hydrogen-bond donors (Lipinski definition) is 2. The molecule has 2 aromatic rings. The van der Waals surface area contributed by atoms with Gasteiger partial charge in [0.2, 0.25) is 11.8 Å². The number of aliphatic hydroxyl groups excluding tert-OH is 1. The quantitative estimate of drug-likeness (QED) is 0.653. The molecule has 1 aliphatic carbocycles. The van der Waals surface area contributed by atoms with Crippen LogP contribution in [-0.2, 0) is 9.59 Å². The number of aliphatic hydroxyl groups is 1. The maximum Gasteiger partial charge on any atom is 0.248 e. The number of nitrogens with one attached hydrogen (secondary N) is 1. The molecule has 0 radical (unpaired) electrons. The Balaban J connectivity index is 1.37. The van der Waals surface area contributed by atoms with Crippen molar-refractivity contribution in [3.8, 4) is 0 Å². The number of carbonyl (C=O) groups excluding carboxylic acids is 2. The van der Waals surface area contributed by atoms with Gasteiger partial charge in [0.1, 0.15) is 17.9 Å². The number of thioether (sulfide) groups is 1. The summed E-state index contributed by atoms with van der Waals surface area (Å²) in [6.45, 7) is 5.96. The smallest absolute Gasteiger partial charge is 0.248 e. The average molecular weight is 502 g/mol. The fraction of sp³-hybridized carbons (Fsp3) is 0.600. The summed E-state index contributed by atoms with van der Waals surface area (Å²) in [6, 6.07) is 3.11. The van der Waals surface area contributed by atoms with Gasteiger partial charge >= 0.3 is 0 Å². The maximum atomic E-state index is 14.3. The third-order valence-corrected chi connectivity index (χ3v) is 8.21. The number of benzene rings is 1. The lowest BCUT2D eigenvalue weighted by atomic mass is 9.85. The number of likely N-dealkylation sites (tertiary alicyclic amines) is 1. The Hall–Kier alpha value is -2.46. The first-order valence-corrected chi connectivity index (χ1v) is 13.2. The molecule has 0 spiro atoms. The van der Waals surface area contributed by atoms with Gasteiger partial charge in [0.05, 0.1) is 17.8 Å². The zero-order valence-electron chi connectivity index (χ0n) is 20.3. The highest BCUT2D eigenvalue weighted by molar-refractivity contribution is 7.99. The highest BCUT2D eigenvalue weighted by Crippen LogP contribution is 2.41. The van der Waals surface area contributed by atoms with Crippen LogP contribution in [0.1, 0.15) is 75.7 Å². The first-order valence-electron chi connectivity index (χ1n) is 12.3. The van der Waals surface area contributed by atoms with E-state index in [9.17, 15) is 19.1 Å². The van der Waals surface area contributed by atoms with Crippen LogP contribution in [0.4, 0.5) is 4.39 Å². The molecular weight excluding hydrogens is 469 g/mol. The molecular formula is C25H32FN5O3S. The second-order valence-corrected chi connectivity index (χ2v) is 12.0. The van der Waals surface area contributed by atoms with E-state index in [2.05, 4.69) is 15.6 Å². The van der Waals surface area contributed by atoms with Crippen LogP contribution in [0, 0.1) is 11.2 Å². The molecule has 3 aliphatic rings. The van der Waals surface area contributed by atoms with E-state index in [1.807, 2.05) is 33.0 Å². The summed E-state index contributed by atoms with van der Waals surface area (Å²) < 4.78 is 15.9. The molecule has 5 rings (SSSR count). The van der Waals surface area contributed by atoms with Crippen LogP contribution >= 0.6 is 11.8 Å². The van der Waals surface area contributed by atoms with E-state index in [0.29, 0.717) is 23.0 Å². The normalized spacial score (nSPS) is 25.3. The Morgan fingerprint density at radius 1 is 1.26 bits per heavy atom. The molecule has 188 valence electrons. The standard InChI is InChI=1S/C25H32FN5O3S/c1-25(2,3)22(31-13-19(28-29-31)14-7-8-14)24(34)30-12-15(32)11-20(30)23(33)27-18-9-10-35-21-16(18)5-4-6-17(21)26/h4-6,13-15,18,20,22,32H,7-12H2,1-3H3,(H,27,33)/t15-,18?,20+,22-/m1/s1. The number of rotatable bonds is 5. The van der Waals surface area contributed by atoms with Gasteiger partial charge < -0.3 is 15.3 Å². The molecule has 10 heteroatoms. The molecule has 1 aromatic carbocycles. The number of amides is 2. The molecule has 2 fully saturated rings. The largest absolute Gasteiger partial charge is 0.391 e. The van der Waals surface area contributed by atoms with Gasteiger partial charge in [-0.2, -0.15) is 0 Å². The highest BCUT2D eigenvalue weighted by Gasteiger charge is 2.46. The molecule has 0 bridgehead atoms. The lowest BCUT2D eigenvalue weighted by Crippen LogP contribution is -2.51. The summed E-state index contributed by atoms with van der Waals surface area (Å²) in [6.07, 6.45) is 4.05. The summed E-state index contributed by atoms with van der Waals surface area (Å²) in [7, 11) is 0. The van der Waals surface area contributed by atoms with Crippen molar-refractivity contribution in [2.75, 3.05) is 12.3 Å². The number of nitrogens with zero attached hydrogens (tertiary/aromatic N) is 4. The Bertz CT molecular complexity index is 1130. The first kappa shape index (κ1) is 24.2. The molecule has 35 heavy (non-hydrogen) atoms. The van der Waals surface area contributed by atoms with E-state index >= 15 is 0 Å². The van der Waals surface area contributed by atoms with Crippen molar-refractivity contribution < 1.29 is 19.1 Å². The van der Waals surface area contributed by atoms with Gasteiger partial charge in [-0.15, -0.1) is 16.9 Å². The van der Waals surface area contributed by atoms with Crippen molar-refractivity contribution in [3.05, 3.63) is 41.5 Å². The van der Waals surface area contributed by atoms with E-state index in [-0.39, 0.29) is 36.6 Å². The Kier molecular flexibility index (Phi) is 6.37. The molecule has 2 amide bonds. The van der Waals surface area contributed by atoms with Crippen molar-refractivity contribution in [3.63, 3.8) is 0 Å². The number of halogens is 1. The van der Waals surface area contributed by atoms with Crippen molar-refractivity contribution >= 4 is 23.6 Å². The number of β-amino-alcohol motifs (C(OH)–C–C–N with tert-alkyl or cyclic N) is 1. The van der Waals surface area contributed by atoms with Crippen molar-refractivity contribution in [1.82, 2.24) is 25.2 Å². The van der Waals surface area contributed by atoms with E-state index in [4.69, 9.17) is 0 Å². The fourth-order valence-corrected chi connectivity index (χ4v) is 6.27. The summed E-state index contributed by atoms with van der Waals surface area (Å²) in [5.74, 6) is 0.231. The van der Waals surface area contributed by atoms with Gasteiger partial charge in [-0.25, -0.2) is 9.07 Å². The second-order valence-electron chi connectivity index (χ2n) is 10.9. The van der Waals surface area contributed by atoms with Gasteiger partial charge in [0, 0.05) is 35.7 Å². The molecule has 1 saturated carbocycles. The van der Waals surface area contributed by atoms with Gasteiger partial charge in [-0.05, 0) is 36.3 Å². The van der Waals surface area contributed by atoms with Crippen LogP contribution in [0.15, 0.2) is 29.3 Å². The predicted octanol–water partition coefficient (Wildman–Crippen LogP) is 3.20. The third-order valence-electron chi connectivity index (χ3n) is 7.05. The van der Waals surface area contributed by atoms with Crippen LogP contribution in [-0.4, -0.2) is 61.3 Å². The fourth-order valence-electron chi connectivity index (χ4n) is 5.13.